The first-order valence-electron chi connectivity index (χ1n) is 5.12. The third-order valence-corrected chi connectivity index (χ3v) is 4.11. The van der Waals surface area contributed by atoms with Crippen LogP contribution in [0.3, 0.4) is 0 Å². The Morgan fingerprint density at radius 1 is 0.833 bits per heavy atom. The number of alkyl halides is 3. The van der Waals surface area contributed by atoms with Gasteiger partial charge < -0.3 is 0 Å². The van der Waals surface area contributed by atoms with E-state index >= 15 is 0 Å². The van der Waals surface area contributed by atoms with Gasteiger partial charge in [-0.25, -0.2) is 0 Å². The molecule has 0 atom stereocenters. The van der Waals surface area contributed by atoms with Gasteiger partial charge in [0.2, 0.25) is 0 Å². The minimum absolute atomic E-state index is 0.0216. The Kier molecular flexibility index (Phi) is 3.94. The molecular weight excluding hydrogens is 308 g/mol. The summed E-state index contributed by atoms with van der Waals surface area (Å²) in [6, 6.07) is 15.7. The van der Waals surface area contributed by atoms with Crippen LogP contribution >= 0.6 is 0 Å². The second-order valence-electron chi connectivity index (χ2n) is 3.44. The van der Waals surface area contributed by atoms with E-state index in [1.807, 2.05) is 30.3 Å². The average Bonchev–Trinajstić information content (AvgIpc) is 2.28. The molecule has 0 unspecified atom stereocenters. The second kappa shape index (κ2) is 5.46. The van der Waals surface area contributed by atoms with Gasteiger partial charge in [0.15, 0.2) is 0 Å². The van der Waals surface area contributed by atoms with Crippen molar-refractivity contribution < 1.29 is 17.9 Å². The van der Waals surface area contributed by atoms with Crippen molar-refractivity contribution in [2.75, 3.05) is 0 Å². The van der Waals surface area contributed by atoms with Crippen molar-refractivity contribution in [2.24, 2.45) is 0 Å². The monoisotopic (exact) mass is 318 g/mol. The van der Waals surface area contributed by atoms with E-state index in [-0.39, 0.29) is 20.7 Å². The van der Waals surface area contributed by atoms with E-state index in [0.717, 1.165) is 8.92 Å². The molecule has 0 radical (unpaired) electrons. The summed E-state index contributed by atoms with van der Waals surface area (Å²) in [6.45, 7) is 0. The Morgan fingerprint density at radius 3 is 2.17 bits per heavy atom. The predicted molar refractivity (Wildman–Crippen MR) is 64.6 cm³/mol. The number of halogens is 3. The average molecular weight is 317 g/mol. The standard InChI is InChI=1S/C13H9F3OSe/c14-13(15,16)17-10-5-4-8-12(9-10)18-11-6-2-1-3-7-11/h1-9H. The Balaban J connectivity index is 2.13. The zero-order valence-corrected chi connectivity index (χ0v) is 10.9. The van der Waals surface area contributed by atoms with Gasteiger partial charge in [0, 0.05) is 0 Å². The van der Waals surface area contributed by atoms with Crippen LogP contribution < -0.4 is 13.7 Å². The fraction of sp³-hybridized carbons (Fsp3) is 0.0769. The topological polar surface area (TPSA) is 9.23 Å². The third-order valence-electron chi connectivity index (χ3n) is 2.02. The van der Waals surface area contributed by atoms with Crippen LogP contribution in [0.25, 0.3) is 0 Å². The quantitative estimate of drug-likeness (QED) is 0.789. The summed E-state index contributed by atoms with van der Waals surface area (Å²) in [5, 5.41) is 0. The fourth-order valence-electron chi connectivity index (χ4n) is 1.36. The number of rotatable bonds is 3. The maximum atomic E-state index is 12.1. The molecule has 0 aliphatic rings. The second-order valence-corrected chi connectivity index (χ2v) is 5.84. The van der Waals surface area contributed by atoms with Gasteiger partial charge in [-0.3, -0.25) is 0 Å². The molecule has 94 valence electrons. The van der Waals surface area contributed by atoms with Gasteiger partial charge >= 0.3 is 108 Å². The molecule has 0 bridgehead atoms. The maximum absolute atomic E-state index is 12.1. The molecule has 0 N–H and O–H groups in total. The van der Waals surface area contributed by atoms with Crippen LogP contribution in [0.2, 0.25) is 0 Å². The molecule has 0 spiro atoms. The molecule has 0 fully saturated rings. The van der Waals surface area contributed by atoms with Crippen molar-refractivity contribution in [3.05, 3.63) is 54.6 Å². The molecule has 18 heavy (non-hydrogen) atoms. The van der Waals surface area contributed by atoms with Crippen molar-refractivity contribution in [1.82, 2.24) is 0 Å². The Morgan fingerprint density at radius 2 is 1.50 bits per heavy atom. The van der Waals surface area contributed by atoms with Crippen LogP contribution in [-0.4, -0.2) is 21.3 Å². The van der Waals surface area contributed by atoms with Crippen LogP contribution in [0.5, 0.6) is 5.75 Å². The van der Waals surface area contributed by atoms with Gasteiger partial charge in [0.05, 0.1) is 0 Å². The summed E-state index contributed by atoms with van der Waals surface area (Å²) >= 11 is -0.0216. The number of ether oxygens (including phenoxy) is 1. The van der Waals surface area contributed by atoms with Gasteiger partial charge in [0.25, 0.3) is 0 Å². The van der Waals surface area contributed by atoms with Crippen LogP contribution in [0, 0.1) is 0 Å². The molecule has 0 amide bonds. The Labute approximate surface area is 109 Å². The summed E-state index contributed by atoms with van der Waals surface area (Å²) in [6.07, 6.45) is -4.64. The molecule has 2 aromatic carbocycles. The van der Waals surface area contributed by atoms with Gasteiger partial charge in [-0.1, -0.05) is 0 Å². The van der Waals surface area contributed by atoms with E-state index in [1.165, 1.54) is 12.1 Å². The van der Waals surface area contributed by atoms with Crippen molar-refractivity contribution in [3.63, 3.8) is 0 Å². The first-order chi connectivity index (χ1) is 8.53. The molecule has 0 aromatic heterocycles. The van der Waals surface area contributed by atoms with E-state index in [9.17, 15) is 13.2 Å². The van der Waals surface area contributed by atoms with E-state index in [4.69, 9.17) is 0 Å². The molecule has 2 aromatic rings. The summed E-state index contributed by atoms with van der Waals surface area (Å²) < 4.78 is 42.1. The molecule has 0 aliphatic carbocycles. The summed E-state index contributed by atoms with van der Waals surface area (Å²) in [7, 11) is 0. The van der Waals surface area contributed by atoms with E-state index < -0.39 is 6.36 Å². The van der Waals surface area contributed by atoms with Crippen LogP contribution in [-0.2, 0) is 0 Å². The van der Waals surface area contributed by atoms with Crippen LogP contribution in [0.1, 0.15) is 0 Å². The van der Waals surface area contributed by atoms with E-state index in [2.05, 4.69) is 4.74 Å². The first-order valence-corrected chi connectivity index (χ1v) is 6.83. The van der Waals surface area contributed by atoms with E-state index in [1.54, 1.807) is 12.1 Å². The molecule has 0 saturated heterocycles. The SMILES string of the molecule is FC(F)(F)Oc1cccc([Se]c2ccccc2)c1. The Bertz CT molecular complexity index is 511. The van der Waals surface area contributed by atoms with Crippen molar-refractivity contribution in [3.8, 4) is 5.75 Å². The molecule has 2 rings (SSSR count). The minimum atomic E-state index is -4.64. The van der Waals surface area contributed by atoms with Gasteiger partial charge in [-0.15, -0.1) is 0 Å². The molecule has 0 aliphatic heterocycles. The number of hydrogen-bond donors (Lipinski definition) is 0. The fourth-order valence-corrected chi connectivity index (χ4v) is 3.22. The predicted octanol–water partition coefficient (Wildman–Crippen LogP) is 2.24. The van der Waals surface area contributed by atoms with Crippen molar-refractivity contribution in [1.29, 1.82) is 0 Å². The molecular formula is C13H9F3OSe. The van der Waals surface area contributed by atoms with Crippen molar-refractivity contribution in [2.45, 2.75) is 6.36 Å². The van der Waals surface area contributed by atoms with Gasteiger partial charge in [-0.05, 0) is 0 Å². The number of benzene rings is 2. The molecule has 0 heterocycles. The third kappa shape index (κ3) is 4.09. The zero-order chi connectivity index (χ0) is 13.0. The molecule has 1 nitrogen and oxygen atoms in total. The van der Waals surface area contributed by atoms with Crippen LogP contribution in [0.4, 0.5) is 13.2 Å². The summed E-state index contributed by atoms with van der Waals surface area (Å²) in [4.78, 5) is 0. The Hall–Kier alpha value is -1.45. The normalized spacial score (nSPS) is 11.3. The van der Waals surface area contributed by atoms with Gasteiger partial charge in [-0.2, -0.15) is 0 Å². The molecule has 0 saturated carbocycles. The number of hydrogen-bond acceptors (Lipinski definition) is 1. The van der Waals surface area contributed by atoms with E-state index in [0.29, 0.717) is 0 Å². The van der Waals surface area contributed by atoms with Crippen LogP contribution in [0.15, 0.2) is 54.6 Å². The zero-order valence-electron chi connectivity index (χ0n) is 9.15. The summed E-state index contributed by atoms with van der Waals surface area (Å²) in [5.74, 6) is -0.169. The van der Waals surface area contributed by atoms with Gasteiger partial charge in [0.1, 0.15) is 0 Å². The first kappa shape index (κ1) is 13.0. The molecule has 5 heteroatoms. The summed E-state index contributed by atoms with van der Waals surface area (Å²) in [5.41, 5.74) is 0. The van der Waals surface area contributed by atoms with Crippen molar-refractivity contribution >= 4 is 23.9 Å².